The van der Waals surface area contributed by atoms with Crippen LogP contribution in [0.3, 0.4) is 0 Å². The van der Waals surface area contributed by atoms with Gasteiger partial charge in [0.1, 0.15) is 5.75 Å². The van der Waals surface area contributed by atoms with Crippen LogP contribution < -0.4 is 25.0 Å². The van der Waals surface area contributed by atoms with E-state index in [1.54, 1.807) is 74.5 Å². The fourth-order valence-electron chi connectivity index (χ4n) is 3.11. The monoisotopic (exact) mass is 523 g/mol. The number of benzene rings is 3. The molecule has 9 nitrogen and oxygen atoms in total. The SMILES string of the molecule is CCOc1ccc(C(=O)Oc2ccc(/C=N\NC(=O)C(=O)Nc3cccc(Cl)c3C)cc2OCC)cc1. The maximum absolute atomic E-state index is 12.6. The summed E-state index contributed by atoms with van der Waals surface area (Å²) in [7, 11) is 0. The lowest BCUT2D eigenvalue weighted by Crippen LogP contribution is -2.32. The quantitative estimate of drug-likeness (QED) is 0.137. The van der Waals surface area contributed by atoms with E-state index in [0.29, 0.717) is 52.1 Å². The fourth-order valence-corrected chi connectivity index (χ4v) is 3.28. The van der Waals surface area contributed by atoms with Gasteiger partial charge in [-0.25, -0.2) is 10.2 Å². The highest BCUT2D eigenvalue weighted by molar-refractivity contribution is 6.40. The van der Waals surface area contributed by atoms with Crippen LogP contribution in [0.25, 0.3) is 0 Å². The number of amides is 2. The van der Waals surface area contributed by atoms with Crippen molar-refractivity contribution in [1.29, 1.82) is 0 Å². The molecule has 0 spiro atoms. The van der Waals surface area contributed by atoms with Crippen LogP contribution in [0.2, 0.25) is 5.02 Å². The van der Waals surface area contributed by atoms with Gasteiger partial charge >= 0.3 is 17.8 Å². The second kappa shape index (κ2) is 13.1. The molecule has 0 heterocycles. The molecule has 0 aliphatic carbocycles. The number of ether oxygens (including phenoxy) is 3. The van der Waals surface area contributed by atoms with Gasteiger partial charge in [0.15, 0.2) is 11.5 Å². The third-order valence-corrected chi connectivity index (χ3v) is 5.38. The number of hydrogen-bond acceptors (Lipinski definition) is 7. The summed E-state index contributed by atoms with van der Waals surface area (Å²) in [4.78, 5) is 36.8. The van der Waals surface area contributed by atoms with Gasteiger partial charge in [-0.1, -0.05) is 17.7 Å². The standard InChI is InChI=1S/C27H26ClN3O6/c1-4-35-20-12-10-19(11-13-20)27(34)37-23-14-9-18(15-24(23)36-5-2)16-29-31-26(33)25(32)30-22-8-6-7-21(28)17(22)3/h6-16H,4-5H2,1-3H3,(H,30,32)(H,31,33)/b29-16-. The zero-order valence-electron chi connectivity index (χ0n) is 20.5. The number of nitrogens with one attached hydrogen (secondary N) is 2. The summed E-state index contributed by atoms with van der Waals surface area (Å²) in [5, 5.41) is 6.78. The molecule has 0 saturated heterocycles. The maximum Gasteiger partial charge on any atom is 0.343 e. The largest absolute Gasteiger partial charge is 0.494 e. The highest BCUT2D eigenvalue weighted by atomic mass is 35.5. The third-order valence-electron chi connectivity index (χ3n) is 4.97. The fraction of sp³-hybridized carbons (Fsp3) is 0.185. The minimum Gasteiger partial charge on any atom is -0.494 e. The topological polar surface area (TPSA) is 115 Å². The molecule has 0 aromatic heterocycles. The van der Waals surface area contributed by atoms with Gasteiger partial charge in [0.05, 0.1) is 25.0 Å². The maximum atomic E-state index is 12.6. The molecule has 37 heavy (non-hydrogen) atoms. The number of carbonyl (C=O) groups excluding carboxylic acids is 3. The molecule has 0 radical (unpaired) electrons. The van der Waals surface area contributed by atoms with Gasteiger partial charge in [-0.15, -0.1) is 0 Å². The predicted molar refractivity (Wildman–Crippen MR) is 141 cm³/mol. The normalized spacial score (nSPS) is 10.6. The molecule has 0 fully saturated rings. The van der Waals surface area contributed by atoms with E-state index < -0.39 is 17.8 Å². The first-order valence-corrected chi connectivity index (χ1v) is 11.8. The summed E-state index contributed by atoms with van der Waals surface area (Å²) in [6.07, 6.45) is 1.33. The van der Waals surface area contributed by atoms with Crippen molar-refractivity contribution >= 4 is 41.3 Å². The average molecular weight is 524 g/mol. The highest BCUT2D eigenvalue weighted by Gasteiger charge is 2.16. The van der Waals surface area contributed by atoms with E-state index in [1.807, 2.05) is 6.92 Å². The van der Waals surface area contributed by atoms with E-state index in [1.165, 1.54) is 6.21 Å². The van der Waals surface area contributed by atoms with Crippen molar-refractivity contribution in [3.05, 3.63) is 82.4 Å². The molecule has 0 unspecified atom stereocenters. The smallest absolute Gasteiger partial charge is 0.343 e. The van der Waals surface area contributed by atoms with Crippen molar-refractivity contribution in [1.82, 2.24) is 5.43 Å². The zero-order chi connectivity index (χ0) is 26.8. The van der Waals surface area contributed by atoms with E-state index >= 15 is 0 Å². The Bertz CT molecular complexity index is 1310. The van der Waals surface area contributed by atoms with Crippen molar-refractivity contribution in [2.45, 2.75) is 20.8 Å². The summed E-state index contributed by atoms with van der Waals surface area (Å²) in [5.41, 5.74) is 4.12. The molecule has 2 N–H and O–H groups in total. The lowest BCUT2D eigenvalue weighted by Gasteiger charge is -2.11. The molecule has 0 aliphatic rings. The first kappa shape index (κ1) is 27.2. The van der Waals surface area contributed by atoms with Crippen LogP contribution >= 0.6 is 11.6 Å². The highest BCUT2D eigenvalue weighted by Crippen LogP contribution is 2.29. The number of nitrogens with zero attached hydrogens (tertiary/aromatic N) is 1. The average Bonchev–Trinajstić information content (AvgIpc) is 2.89. The van der Waals surface area contributed by atoms with Gasteiger partial charge in [0.25, 0.3) is 0 Å². The van der Waals surface area contributed by atoms with Gasteiger partial charge in [-0.3, -0.25) is 9.59 Å². The van der Waals surface area contributed by atoms with Crippen molar-refractivity contribution in [3.8, 4) is 17.2 Å². The van der Waals surface area contributed by atoms with Crippen molar-refractivity contribution < 1.29 is 28.6 Å². The number of rotatable bonds is 9. The molecule has 192 valence electrons. The summed E-state index contributed by atoms with van der Waals surface area (Å²) >= 11 is 6.03. The number of hydrogen-bond donors (Lipinski definition) is 2. The molecule has 0 aliphatic heterocycles. The van der Waals surface area contributed by atoms with E-state index in [9.17, 15) is 14.4 Å². The number of hydrazone groups is 1. The third kappa shape index (κ3) is 7.55. The Morgan fingerprint density at radius 3 is 2.35 bits per heavy atom. The van der Waals surface area contributed by atoms with E-state index in [0.717, 1.165) is 0 Å². The van der Waals surface area contributed by atoms with Crippen LogP contribution in [0.4, 0.5) is 5.69 Å². The molecule has 10 heteroatoms. The minimum absolute atomic E-state index is 0.221. The van der Waals surface area contributed by atoms with Crippen LogP contribution in [-0.4, -0.2) is 37.2 Å². The van der Waals surface area contributed by atoms with E-state index in [-0.39, 0.29) is 5.75 Å². The van der Waals surface area contributed by atoms with Gasteiger partial charge in [-0.05, 0) is 86.5 Å². The van der Waals surface area contributed by atoms with Gasteiger partial charge in [-0.2, -0.15) is 5.10 Å². The van der Waals surface area contributed by atoms with Crippen LogP contribution in [0.15, 0.2) is 65.8 Å². The summed E-state index contributed by atoms with van der Waals surface area (Å²) in [6, 6.07) is 16.3. The number of halogens is 1. The molecule has 2 amide bonds. The second-order valence-electron chi connectivity index (χ2n) is 7.55. The Hall–Kier alpha value is -4.37. The Kier molecular flexibility index (Phi) is 9.62. The molecule has 0 saturated carbocycles. The van der Waals surface area contributed by atoms with Gasteiger partial charge in [0.2, 0.25) is 0 Å². The van der Waals surface area contributed by atoms with E-state index in [2.05, 4.69) is 15.8 Å². The van der Waals surface area contributed by atoms with Crippen molar-refractivity contribution in [2.75, 3.05) is 18.5 Å². The van der Waals surface area contributed by atoms with Gasteiger partial charge < -0.3 is 19.5 Å². The Labute approximate surface area is 219 Å². The molecule has 3 aromatic rings. The lowest BCUT2D eigenvalue weighted by atomic mass is 10.2. The van der Waals surface area contributed by atoms with Crippen LogP contribution in [0, 0.1) is 6.92 Å². The van der Waals surface area contributed by atoms with Crippen LogP contribution in [-0.2, 0) is 9.59 Å². The Morgan fingerprint density at radius 2 is 1.65 bits per heavy atom. The minimum atomic E-state index is -0.957. The van der Waals surface area contributed by atoms with Crippen molar-refractivity contribution in [3.63, 3.8) is 0 Å². The van der Waals surface area contributed by atoms with Crippen LogP contribution in [0.1, 0.15) is 35.3 Å². The Morgan fingerprint density at radius 1 is 0.919 bits per heavy atom. The van der Waals surface area contributed by atoms with Gasteiger partial charge in [0, 0.05) is 10.7 Å². The molecule has 3 rings (SSSR count). The first-order valence-electron chi connectivity index (χ1n) is 11.4. The van der Waals surface area contributed by atoms with E-state index in [4.69, 9.17) is 25.8 Å². The van der Waals surface area contributed by atoms with Crippen molar-refractivity contribution in [2.24, 2.45) is 5.10 Å². The van der Waals surface area contributed by atoms with Crippen LogP contribution in [0.5, 0.6) is 17.2 Å². The summed E-state index contributed by atoms with van der Waals surface area (Å²) in [6.45, 7) is 6.24. The predicted octanol–water partition coefficient (Wildman–Crippen LogP) is 4.75. The number of anilines is 1. The number of esters is 1. The second-order valence-corrected chi connectivity index (χ2v) is 7.96. The molecule has 3 aromatic carbocycles. The molecular formula is C27H26ClN3O6. The molecule has 0 bridgehead atoms. The number of carbonyl (C=O) groups is 3. The lowest BCUT2D eigenvalue weighted by molar-refractivity contribution is -0.136. The first-order chi connectivity index (χ1) is 17.8. The Balaban J connectivity index is 1.63. The zero-order valence-corrected chi connectivity index (χ0v) is 21.3. The summed E-state index contributed by atoms with van der Waals surface area (Å²) < 4.78 is 16.5. The molecular weight excluding hydrogens is 498 g/mol. The summed E-state index contributed by atoms with van der Waals surface area (Å²) in [5.74, 6) is -1.22. The molecule has 0 atom stereocenters.